The van der Waals surface area contributed by atoms with E-state index in [9.17, 15) is 0 Å². The van der Waals surface area contributed by atoms with Gasteiger partial charge in [-0.3, -0.25) is 4.98 Å². The fourth-order valence-electron chi connectivity index (χ4n) is 1.99. The number of rotatable bonds is 4. The van der Waals surface area contributed by atoms with Crippen molar-refractivity contribution in [2.24, 2.45) is 0 Å². The Balaban J connectivity index is 2.36. The SMILES string of the molecule is Cc1cc2c(NCC(C)(C)N(C)C)ccc(N)c2cn1. The van der Waals surface area contributed by atoms with Crippen molar-refractivity contribution in [3.05, 3.63) is 30.1 Å². The van der Waals surface area contributed by atoms with E-state index in [1.807, 2.05) is 25.3 Å². The number of aryl methyl sites for hydroxylation is 1. The number of aromatic nitrogens is 1. The second kappa shape index (κ2) is 5.29. The highest BCUT2D eigenvalue weighted by Crippen LogP contribution is 2.28. The van der Waals surface area contributed by atoms with Gasteiger partial charge in [-0.1, -0.05) is 0 Å². The van der Waals surface area contributed by atoms with Crippen LogP contribution in [0.25, 0.3) is 10.8 Å². The van der Waals surface area contributed by atoms with E-state index in [2.05, 4.69) is 49.2 Å². The summed E-state index contributed by atoms with van der Waals surface area (Å²) >= 11 is 0. The minimum atomic E-state index is 0.0792. The molecule has 0 bridgehead atoms. The number of nitrogens with zero attached hydrogens (tertiary/aromatic N) is 2. The molecule has 0 aliphatic rings. The van der Waals surface area contributed by atoms with Crippen molar-refractivity contribution in [2.75, 3.05) is 31.7 Å². The number of fused-ring (bicyclic) bond motifs is 1. The predicted octanol–water partition coefficient (Wildman–Crippen LogP) is 2.88. The standard InChI is InChI=1S/C16H24N4/c1-11-8-12-13(9-18-11)14(17)6-7-15(12)19-10-16(2,3)20(4)5/h6-9,19H,10,17H2,1-5H3. The first kappa shape index (κ1) is 14.6. The Morgan fingerprint density at radius 1 is 1.25 bits per heavy atom. The summed E-state index contributed by atoms with van der Waals surface area (Å²) in [6.45, 7) is 7.29. The molecule has 0 radical (unpaired) electrons. The number of likely N-dealkylation sites (N-methyl/N-ethyl adjacent to an activating group) is 1. The van der Waals surface area contributed by atoms with Gasteiger partial charge in [-0.05, 0) is 53.1 Å². The number of hydrogen-bond donors (Lipinski definition) is 2. The average Bonchev–Trinajstić information content (AvgIpc) is 2.37. The topological polar surface area (TPSA) is 54.2 Å². The quantitative estimate of drug-likeness (QED) is 0.840. The highest BCUT2D eigenvalue weighted by molar-refractivity contribution is 6.00. The fraction of sp³-hybridized carbons (Fsp3) is 0.438. The van der Waals surface area contributed by atoms with Gasteiger partial charge in [0.2, 0.25) is 0 Å². The van der Waals surface area contributed by atoms with Crippen LogP contribution in [-0.2, 0) is 0 Å². The Labute approximate surface area is 121 Å². The number of anilines is 2. The number of nitrogens with one attached hydrogen (secondary N) is 1. The first-order valence-corrected chi connectivity index (χ1v) is 6.87. The summed E-state index contributed by atoms with van der Waals surface area (Å²) in [5.74, 6) is 0. The minimum absolute atomic E-state index is 0.0792. The molecule has 1 aromatic heterocycles. The van der Waals surface area contributed by atoms with E-state index in [-0.39, 0.29) is 5.54 Å². The lowest BCUT2D eigenvalue weighted by Crippen LogP contribution is -2.44. The van der Waals surface area contributed by atoms with Crippen molar-refractivity contribution in [1.29, 1.82) is 0 Å². The van der Waals surface area contributed by atoms with Gasteiger partial charge in [-0.15, -0.1) is 0 Å². The van der Waals surface area contributed by atoms with Crippen molar-refractivity contribution < 1.29 is 0 Å². The highest BCUT2D eigenvalue weighted by Gasteiger charge is 2.20. The van der Waals surface area contributed by atoms with Crippen LogP contribution in [0.3, 0.4) is 0 Å². The summed E-state index contributed by atoms with van der Waals surface area (Å²) < 4.78 is 0. The van der Waals surface area contributed by atoms with E-state index in [0.29, 0.717) is 0 Å². The molecule has 0 unspecified atom stereocenters. The number of pyridine rings is 1. The Morgan fingerprint density at radius 3 is 2.60 bits per heavy atom. The molecular formula is C16H24N4. The second-order valence-corrected chi connectivity index (χ2v) is 6.13. The van der Waals surface area contributed by atoms with Gasteiger partial charge < -0.3 is 16.0 Å². The maximum atomic E-state index is 6.03. The van der Waals surface area contributed by atoms with Crippen molar-refractivity contribution in [1.82, 2.24) is 9.88 Å². The normalized spacial score (nSPS) is 12.1. The molecule has 0 amide bonds. The predicted molar refractivity (Wildman–Crippen MR) is 87.1 cm³/mol. The van der Waals surface area contributed by atoms with Gasteiger partial charge in [-0.2, -0.15) is 0 Å². The third-order valence-corrected chi connectivity index (χ3v) is 3.99. The van der Waals surface area contributed by atoms with Crippen LogP contribution in [0.1, 0.15) is 19.5 Å². The van der Waals surface area contributed by atoms with Crippen LogP contribution in [-0.4, -0.2) is 36.1 Å². The van der Waals surface area contributed by atoms with E-state index in [1.165, 1.54) is 0 Å². The van der Waals surface area contributed by atoms with Crippen LogP contribution in [0.4, 0.5) is 11.4 Å². The first-order chi connectivity index (χ1) is 9.31. The molecule has 3 N–H and O–H groups in total. The molecule has 2 aromatic rings. The Hall–Kier alpha value is -1.81. The minimum Gasteiger partial charge on any atom is -0.398 e. The fourth-order valence-corrected chi connectivity index (χ4v) is 1.99. The smallest absolute Gasteiger partial charge is 0.0423 e. The molecule has 0 spiro atoms. The lowest BCUT2D eigenvalue weighted by atomic mass is 10.0. The van der Waals surface area contributed by atoms with Crippen LogP contribution >= 0.6 is 0 Å². The molecule has 2 rings (SSSR count). The lowest BCUT2D eigenvalue weighted by Gasteiger charge is -2.33. The second-order valence-electron chi connectivity index (χ2n) is 6.13. The van der Waals surface area contributed by atoms with Crippen molar-refractivity contribution in [3.8, 4) is 0 Å². The van der Waals surface area contributed by atoms with Crippen molar-refractivity contribution in [3.63, 3.8) is 0 Å². The van der Waals surface area contributed by atoms with Crippen LogP contribution in [0, 0.1) is 6.92 Å². The van der Waals surface area contributed by atoms with Gasteiger partial charge >= 0.3 is 0 Å². The van der Waals surface area contributed by atoms with Gasteiger partial charge in [-0.25, -0.2) is 0 Å². The Kier molecular flexibility index (Phi) is 3.86. The van der Waals surface area contributed by atoms with Gasteiger partial charge in [0.15, 0.2) is 0 Å². The van der Waals surface area contributed by atoms with Crippen molar-refractivity contribution >= 4 is 22.1 Å². The molecule has 0 aliphatic carbocycles. The van der Waals surface area contributed by atoms with Gasteiger partial charge in [0.05, 0.1) is 0 Å². The molecule has 0 saturated heterocycles. The maximum absolute atomic E-state index is 6.03. The zero-order valence-corrected chi connectivity index (χ0v) is 13.0. The molecule has 1 aromatic carbocycles. The number of nitrogen functional groups attached to an aromatic ring is 1. The van der Waals surface area contributed by atoms with Crippen LogP contribution in [0.2, 0.25) is 0 Å². The van der Waals surface area contributed by atoms with E-state index in [0.717, 1.165) is 34.4 Å². The van der Waals surface area contributed by atoms with Gasteiger partial charge in [0.1, 0.15) is 0 Å². The zero-order chi connectivity index (χ0) is 14.9. The molecule has 0 aliphatic heterocycles. The monoisotopic (exact) mass is 272 g/mol. The van der Waals surface area contributed by atoms with E-state index in [1.54, 1.807) is 0 Å². The summed E-state index contributed by atoms with van der Waals surface area (Å²) in [5.41, 5.74) is 8.98. The van der Waals surface area contributed by atoms with E-state index in [4.69, 9.17) is 5.73 Å². The lowest BCUT2D eigenvalue weighted by molar-refractivity contribution is 0.210. The van der Waals surface area contributed by atoms with Crippen LogP contribution < -0.4 is 11.1 Å². The summed E-state index contributed by atoms with van der Waals surface area (Å²) in [4.78, 5) is 6.54. The van der Waals surface area contributed by atoms with E-state index < -0.39 is 0 Å². The van der Waals surface area contributed by atoms with E-state index >= 15 is 0 Å². The molecule has 0 atom stereocenters. The summed E-state index contributed by atoms with van der Waals surface area (Å²) in [6, 6.07) is 6.06. The molecule has 4 heteroatoms. The largest absolute Gasteiger partial charge is 0.398 e. The zero-order valence-electron chi connectivity index (χ0n) is 13.0. The highest BCUT2D eigenvalue weighted by atomic mass is 15.2. The molecule has 1 heterocycles. The van der Waals surface area contributed by atoms with Gasteiger partial charge in [0.25, 0.3) is 0 Å². The molecule has 0 fully saturated rings. The molecular weight excluding hydrogens is 248 g/mol. The third kappa shape index (κ3) is 2.85. The number of benzene rings is 1. The van der Waals surface area contributed by atoms with Crippen LogP contribution in [0.5, 0.6) is 0 Å². The molecule has 20 heavy (non-hydrogen) atoms. The summed E-state index contributed by atoms with van der Waals surface area (Å²) in [6.07, 6.45) is 1.85. The number of hydrogen-bond acceptors (Lipinski definition) is 4. The summed E-state index contributed by atoms with van der Waals surface area (Å²) in [5, 5.41) is 5.67. The maximum Gasteiger partial charge on any atom is 0.0423 e. The third-order valence-electron chi connectivity index (χ3n) is 3.99. The Morgan fingerprint density at radius 2 is 1.95 bits per heavy atom. The first-order valence-electron chi connectivity index (χ1n) is 6.87. The molecule has 0 saturated carbocycles. The van der Waals surface area contributed by atoms with Gasteiger partial charge in [0, 0.05) is 46.1 Å². The van der Waals surface area contributed by atoms with Crippen molar-refractivity contribution in [2.45, 2.75) is 26.3 Å². The molecule has 108 valence electrons. The summed E-state index contributed by atoms with van der Waals surface area (Å²) in [7, 11) is 4.19. The van der Waals surface area contributed by atoms with Crippen LogP contribution in [0.15, 0.2) is 24.4 Å². The number of nitrogens with two attached hydrogens (primary N) is 1. The average molecular weight is 272 g/mol. The Bertz CT molecular complexity index is 617. The molecule has 4 nitrogen and oxygen atoms in total.